The van der Waals surface area contributed by atoms with Gasteiger partial charge in [0.2, 0.25) is 0 Å². The lowest BCUT2D eigenvalue weighted by atomic mass is 10.2. The molecular weight excluding hydrogens is 310 g/mol. The van der Waals surface area contributed by atoms with Gasteiger partial charge in [0.05, 0.1) is 16.9 Å². The van der Waals surface area contributed by atoms with Crippen molar-refractivity contribution in [2.75, 3.05) is 0 Å². The molecule has 0 bridgehead atoms. The lowest BCUT2D eigenvalue weighted by Gasteiger charge is -2.06. The smallest absolute Gasteiger partial charge is 0.270 e. The van der Waals surface area contributed by atoms with Gasteiger partial charge in [0.25, 0.3) is 5.91 Å². The number of carbonyl (C=O) groups is 1. The van der Waals surface area contributed by atoms with E-state index in [-0.39, 0.29) is 5.91 Å². The van der Waals surface area contributed by atoms with Crippen molar-refractivity contribution < 1.29 is 4.79 Å². The summed E-state index contributed by atoms with van der Waals surface area (Å²) in [6.07, 6.45) is 3.40. The van der Waals surface area contributed by atoms with E-state index in [0.29, 0.717) is 16.7 Å². The van der Waals surface area contributed by atoms with Crippen molar-refractivity contribution in [3.8, 4) is 0 Å². The summed E-state index contributed by atoms with van der Waals surface area (Å²) >= 11 is 3.31. The minimum atomic E-state index is -0.157. The second-order valence-corrected chi connectivity index (χ2v) is 5.07. The fraction of sp³-hybridized carbons (Fsp3) is 0.417. The normalized spacial score (nSPS) is 10.7. The Labute approximate surface area is 119 Å². The molecule has 1 amide bonds. The molecule has 2 rings (SSSR count). The summed E-state index contributed by atoms with van der Waals surface area (Å²) in [6, 6.07) is 0. The Morgan fingerprint density at radius 2 is 2.16 bits per heavy atom. The standard InChI is InChI=1S/C12H16BrN5O/c1-4-18-8(2)9(6-16-18)5-14-12(19)11-10(13)7-15-17(11)3/h6-7H,4-5H2,1-3H3,(H,14,19). The molecule has 7 heteroatoms. The Morgan fingerprint density at radius 1 is 1.42 bits per heavy atom. The molecule has 0 radical (unpaired) electrons. The van der Waals surface area contributed by atoms with Gasteiger partial charge in [-0.05, 0) is 29.8 Å². The zero-order valence-corrected chi connectivity index (χ0v) is 12.7. The maximum absolute atomic E-state index is 12.1. The molecule has 102 valence electrons. The third-order valence-corrected chi connectivity index (χ3v) is 3.63. The average Bonchev–Trinajstić information content (AvgIpc) is 2.90. The van der Waals surface area contributed by atoms with Gasteiger partial charge in [-0.25, -0.2) is 0 Å². The highest BCUT2D eigenvalue weighted by molar-refractivity contribution is 9.10. The zero-order chi connectivity index (χ0) is 14.0. The van der Waals surface area contributed by atoms with Gasteiger partial charge in [0.15, 0.2) is 0 Å². The molecule has 0 aliphatic rings. The quantitative estimate of drug-likeness (QED) is 0.929. The second kappa shape index (κ2) is 5.56. The number of rotatable bonds is 4. The molecule has 19 heavy (non-hydrogen) atoms. The number of aryl methyl sites for hydroxylation is 2. The van der Waals surface area contributed by atoms with E-state index in [0.717, 1.165) is 17.8 Å². The third kappa shape index (κ3) is 2.70. The number of hydrogen-bond donors (Lipinski definition) is 1. The Hall–Kier alpha value is -1.63. The second-order valence-electron chi connectivity index (χ2n) is 4.22. The van der Waals surface area contributed by atoms with Crippen LogP contribution in [0.25, 0.3) is 0 Å². The molecule has 0 aliphatic heterocycles. The van der Waals surface area contributed by atoms with E-state index in [1.54, 1.807) is 24.1 Å². The molecule has 0 atom stereocenters. The third-order valence-electron chi connectivity index (χ3n) is 3.05. The molecule has 1 N–H and O–H groups in total. The molecule has 0 spiro atoms. The minimum absolute atomic E-state index is 0.157. The first-order chi connectivity index (χ1) is 9.04. The maximum Gasteiger partial charge on any atom is 0.270 e. The fourth-order valence-electron chi connectivity index (χ4n) is 1.90. The van der Waals surface area contributed by atoms with E-state index in [9.17, 15) is 4.79 Å². The van der Waals surface area contributed by atoms with Crippen molar-refractivity contribution in [3.63, 3.8) is 0 Å². The number of hydrogen-bond acceptors (Lipinski definition) is 3. The molecule has 0 unspecified atom stereocenters. The summed E-state index contributed by atoms with van der Waals surface area (Å²) in [5.41, 5.74) is 2.61. The maximum atomic E-state index is 12.1. The molecule has 0 aliphatic carbocycles. The topological polar surface area (TPSA) is 64.7 Å². The van der Waals surface area contributed by atoms with Gasteiger partial charge in [-0.2, -0.15) is 10.2 Å². The van der Waals surface area contributed by atoms with Crippen molar-refractivity contribution in [3.05, 3.63) is 33.8 Å². The molecule has 2 aromatic rings. The summed E-state index contributed by atoms with van der Waals surface area (Å²) in [7, 11) is 1.74. The predicted octanol–water partition coefficient (Wildman–Crippen LogP) is 1.64. The monoisotopic (exact) mass is 325 g/mol. The summed E-state index contributed by atoms with van der Waals surface area (Å²) in [4.78, 5) is 12.1. The molecule has 2 aromatic heterocycles. The van der Waals surface area contributed by atoms with Gasteiger partial charge in [-0.3, -0.25) is 14.2 Å². The van der Waals surface area contributed by atoms with Gasteiger partial charge in [-0.15, -0.1) is 0 Å². The van der Waals surface area contributed by atoms with E-state index in [4.69, 9.17) is 0 Å². The molecule has 0 aromatic carbocycles. The lowest BCUT2D eigenvalue weighted by Crippen LogP contribution is -2.25. The van der Waals surface area contributed by atoms with E-state index in [2.05, 4.69) is 31.4 Å². The van der Waals surface area contributed by atoms with Crippen LogP contribution in [-0.2, 0) is 20.1 Å². The van der Waals surface area contributed by atoms with Crippen LogP contribution in [-0.4, -0.2) is 25.5 Å². The lowest BCUT2D eigenvalue weighted by molar-refractivity contribution is 0.0940. The highest BCUT2D eigenvalue weighted by atomic mass is 79.9. The first kappa shape index (κ1) is 13.8. The Bertz CT molecular complexity index is 582. The first-order valence-corrected chi connectivity index (χ1v) is 6.80. The van der Waals surface area contributed by atoms with Gasteiger partial charge < -0.3 is 5.32 Å². The van der Waals surface area contributed by atoms with Crippen molar-refractivity contribution in [2.45, 2.75) is 26.9 Å². The van der Waals surface area contributed by atoms with Crippen molar-refractivity contribution in [2.24, 2.45) is 7.05 Å². The van der Waals surface area contributed by atoms with E-state index >= 15 is 0 Å². The number of carbonyl (C=O) groups excluding carboxylic acids is 1. The van der Waals surface area contributed by atoms with Crippen LogP contribution in [0.2, 0.25) is 0 Å². The van der Waals surface area contributed by atoms with Crippen LogP contribution in [0.3, 0.4) is 0 Å². The number of nitrogens with one attached hydrogen (secondary N) is 1. The van der Waals surface area contributed by atoms with Gasteiger partial charge in [-0.1, -0.05) is 0 Å². The molecule has 0 saturated carbocycles. The Balaban J connectivity index is 2.07. The molecule has 6 nitrogen and oxygen atoms in total. The van der Waals surface area contributed by atoms with E-state index < -0.39 is 0 Å². The molecular formula is C12H16BrN5O. The van der Waals surface area contributed by atoms with Gasteiger partial charge in [0, 0.05) is 31.4 Å². The summed E-state index contributed by atoms with van der Waals surface area (Å²) in [5, 5.41) is 11.1. The van der Waals surface area contributed by atoms with Crippen molar-refractivity contribution in [1.29, 1.82) is 0 Å². The van der Waals surface area contributed by atoms with Gasteiger partial charge >= 0.3 is 0 Å². The van der Waals surface area contributed by atoms with E-state index in [1.165, 1.54) is 0 Å². The molecule has 0 fully saturated rings. The van der Waals surface area contributed by atoms with Crippen LogP contribution < -0.4 is 5.32 Å². The van der Waals surface area contributed by atoms with Crippen molar-refractivity contribution in [1.82, 2.24) is 24.9 Å². The number of amides is 1. The number of aromatic nitrogens is 4. The van der Waals surface area contributed by atoms with Crippen LogP contribution >= 0.6 is 15.9 Å². The van der Waals surface area contributed by atoms with Crippen LogP contribution in [0, 0.1) is 6.92 Å². The summed E-state index contributed by atoms with van der Waals surface area (Å²) in [5.74, 6) is -0.157. The first-order valence-electron chi connectivity index (χ1n) is 6.01. The summed E-state index contributed by atoms with van der Waals surface area (Å²) in [6.45, 7) is 5.32. The summed E-state index contributed by atoms with van der Waals surface area (Å²) < 4.78 is 4.14. The fourth-order valence-corrected chi connectivity index (χ4v) is 2.43. The highest BCUT2D eigenvalue weighted by Crippen LogP contribution is 2.15. The zero-order valence-electron chi connectivity index (χ0n) is 11.1. The van der Waals surface area contributed by atoms with E-state index in [1.807, 2.05) is 18.5 Å². The van der Waals surface area contributed by atoms with Crippen molar-refractivity contribution >= 4 is 21.8 Å². The average molecular weight is 326 g/mol. The highest BCUT2D eigenvalue weighted by Gasteiger charge is 2.15. The van der Waals surface area contributed by atoms with Crippen LogP contribution in [0.5, 0.6) is 0 Å². The molecule has 0 saturated heterocycles. The molecule has 2 heterocycles. The predicted molar refractivity (Wildman–Crippen MR) is 74.7 cm³/mol. The largest absolute Gasteiger partial charge is 0.346 e. The van der Waals surface area contributed by atoms with Crippen LogP contribution in [0.15, 0.2) is 16.9 Å². The number of nitrogens with zero attached hydrogens (tertiary/aromatic N) is 4. The Kier molecular flexibility index (Phi) is 4.04. The minimum Gasteiger partial charge on any atom is -0.346 e. The Morgan fingerprint density at radius 3 is 2.68 bits per heavy atom. The van der Waals surface area contributed by atoms with Crippen LogP contribution in [0.1, 0.15) is 28.7 Å². The van der Waals surface area contributed by atoms with Crippen LogP contribution in [0.4, 0.5) is 0 Å². The SMILES string of the molecule is CCn1ncc(CNC(=O)c2c(Br)cnn2C)c1C. The van der Waals surface area contributed by atoms with Gasteiger partial charge in [0.1, 0.15) is 5.69 Å². The number of halogens is 1.